The summed E-state index contributed by atoms with van der Waals surface area (Å²) in [4.78, 5) is 6.93. The Morgan fingerprint density at radius 1 is 1.41 bits per heavy atom. The molecule has 1 aromatic rings. The van der Waals surface area contributed by atoms with E-state index in [9.17, 15) is 0 Å². The van der Waals surface area contributed by atoms with Gasteiger partial charge >= 0.3 is 0 Å². The number of hydrogen-bond donors (Lipinski definition) is 1. The van der Waals surface area contributed by atoms with Crippen molar-refractivity contribution in [1.29, 1.82) is 0 Å². The van der Waals surface area contributed by atoms with Gasteiger partial charge in [0.25, 0.3) is 0 Å². The number of hydrogen-bond acceptors (Lipinski definition) is 3. The predicted octanol–water partition coefficient (Wildman–Crippen LogP) is 1.78. The fraction of sp³-hybridized carbons (Fsp3) is 0.769. The van der Waals surface area contributed by atoms with Crippen LogP contribution >= 0.6 is 0 Å². The summed E-state index contributed by atoms with van der Waals surface area (Å²) in [5.41, 5.74) is 6.43. The second-order valence-electron chi connectivity index (χ2n) is 5.40. The second-order valence-corrected chi connectivity index (χ2v) is 5.40. The van der Waals surface area contributed by atoms with E-state index in [-0.39, 0.29) is 11.6 Å². The van der Waals surface area contributed by atoms with Crippen molar-refractivity contribution in [3.05, 3.63) is 18.2 Å². The zero-order chi connectivity index (χ0) is 12.5. The maximum absolute atomic E-state index is 6.45. The Kier molecular flexibility index (Phi) is 3.54. The van der Waals surface area contributed by atoms with E-state index in [0.29, 0.717) is 0 Å². The molecule has 2 rings (SSSR count). The van der Waals surface area contributed by atoms with Gasteiger partial charge < -0.3 is 10.3 Å². The molecule has 17 heavy (non-hydrogen) atoms. The van der Waals surface area contributed by atoms with Gasteiger partial charge in [-0.1, -0.05) is 0 Å². The third kappa shape index (κ3) is 2.24. The monoisotopic (exact) mass is 236 g/mol. The summed E-state index contributed by atoms with van der Waals surface area (Å²) in [5, 5.41) is 0. The summed E-state index contributed by atoms with van der Waals surface area (Å²) in [7, 11) is 0. The molecule has 1 unspecified atom stereocenters. The lowest BCUT2D eigenvalue weighted by Crippen LogP contribution is -2.50. The molecule has 2 heterocycles. The Bertz CT molecular complexity index is 363. The van der Waals surface area contributed by atoms with E-state index in [2.05, 4.69) is 35.2 Å². The topological polar surface area (TPSA) is 47.1 Å². The van der Waals surface area contributed by atoms with Crippen LogP contribution in [0, 0.1) is 0 Å². The molecule has 1 aromatic heterocycles. The first-order valence-corrected chi connectivity index (χ1v) is 6.59. The molecule has 1 atom stereocenters. The minimum absolute atomic E-state index is 0.0191. The van der Waals surface area contributed by atoms with Crippen molar-refractivity contribution in [2.45, 2.75) is 51.7 Å². The van der Waals surface area contributed by atoms with Gasteiger partial charge in [-0.25, -0.2) is 4.98 Å². The van der Waals surface area contributed by atoms with Crippen LogP contribution in [0.3, 0.4) is 0 Å². The summed E-state index contributed by atoms with van der Waals surface area (Å²) in [5.74, 6) is 1.00. The van der Waals surface area contributed by atoms with Crippen LogP contribution in [0.25, 0.3) is 0 Å². The van der Waals surface area contributed by atoms with E-state index in [1.807, 2.05) is 12.4 Å². The molecule has 1 saturated heterocycles. The second kappa shape index (κ2) is 4.78. The minimum atomic E-state index is -0.0319. The van der Waals surface area contributed by atoms with Gasteiger partial charge in [-0.05, 0) is 46.7 Å². The van der Waals surface area contributed by atoms with E-state index in [1.54, 1.807) is 0 Å². The highest BCUT2D eigenvalue weighted by Crippen LogP contribution is 2.31. The summed E-state index contributed by atoms with van der Waals surface area (Å²) in [6.07, 6.45) is 6.44. The summed E-state index contributed by atoms with van der Waals surface area (Å²) in [6.45, 7) is 9.84. The molecule has 1 aliphatic rings. The molecule has 4 heteroatoms. The average Bonchev–Trinajstić information content (AvgIpc) is 2.98. The first-order chi connectivity index (χ1) is 8.07. The molecule has 2 N–H and O–H groups in total. The van der Waals surface area contributed by atoms with E-state index >= 15 is 0 Å². The molecule has 0 bridgehead atoms. The van der Waals surface area contributed by atoms with Gasteiger partial charge in [-0.15, -0.1) is 0 Å². The number of likely N-dealkylation sites (tertiary alicyclic amines) is 1. The molecular weight excluding hydrogens is 212 g/mol. The zero-order valence-electron chi connectivity index (χ0n) is 11.2. The van der Waals surface area contributed by atoms with Crippen LogP contribution in [0.4, 0.5) is 0 Å². The Labute approximate surface area is 104 Å². The lowest BCUT2D eigenvalue weighted by molar-refractivity contribution is 0.119. The fourth-order valence-electron chi connectivity index (χ4n) is 2.67. The van der Waals surface area contributed by atoms with Crippen molar-refractivity contribution in [3.63, 3.8) is 0 Å². The molecule has 4 nitrogen and oxygen atoms in total. The smallest absolute Gasteiger partial charge is 0.127 e. The van der Waals surface area contributed by atoms with Crippen LogP contribution in [0.15, 0.2) is 12.4 Å². The van der Waals surface area contributed by atoms with Gasteiger partial charge in [0, 0.05) is 24.5 Å². The summed E-state index contributed by atoms with van der Waals surface area (Å²) < 4.78 is 2.14. The standard InChI is InChI=1S/C13H24N4/c1-4-16-10-7-15-12(16)11(14)13(2,3)17-8-5-6-9-17/h7,10-11H,4-6,8-9,14H2,1-3H3. The lowest BCUT2D eigenvalue weighted by atomic mass is 9.92. The number of nitrogens with two attached hydrogens (primary N) is 1. The number of rotatable bonds is 4. The van der Waals surface area contributed by atoms with Gasteiger partial charge in [0.2, 0.25) is 0 Å². The number of aryl methyl sites for hydroxylation is 1. The first-order valence-electron chi connectivity index (χ1n) is 6.59. The minimum Gasteiger partial charge on any atom is -0.334 e. The van der Waals surface area contributed by atoms with Crippen LogP contribution in [-0.2, 0) is 6.54 Å². The third-order valence-corrected chi connectivity index (χ3v) is 4.05. The van der Waals surface area contributed by atoms with Gasteiger partial charge in [0.15, 0.2) is 0 Å². The van der Waals surface area contributed by atoms with Crippen molar-refractivity contribution in [2.24, 2.45) is 5.73 Å². The van der Waals surface area contributed by atoms with Gasteiger partial charge in [-0.2, -0.15) is 0 Å². The van der Waals surface area contributed by atoms with Gasteiger partial charge in [-0.3, -0.25) is 4.90 Å². The lowest BCUT2D eigenvalue weighted by Gasteiger charge is -2.40. The van der Waals surface area contributed by atoms with Crippen molar-refractivity contribution < 1.29 is 0 Å². The number of nitrogens with zero attached hydrogens (tertiary/aromatic N) is 3. The molecule has 0 saturated carbocycles. The molecule has 96 valence electrons. The average molecular weight is 236 g/mol. The highest BCUT2D eigenvalue weighted by molar-refractivity contribution is 5.07. The highest BCUT2D eigenvalue weighted by atomic mass is 15.2. The Morgan fingerprint density at radius 2 is 2.06 bits per heavy atom. The first kappa shape index (κ1) is 12.6. The predicted molar refractivity (Wildman–Crippen MR) is 69.7 cm³/mol. The van der Waals surface area contributed by atoms with E-state index in [1.165, 1.54) is 12.8 Å². The molecule has 0 radical (unpaired) electrons. The molecular formula is C13H24N4. The van der Waals surface area contributed by atoms with Crippen molar-refractivity contribution in [3.8, 4) is 0 Å². The molecule has 1 aliphatic heterocycles. The zero-order valence-corrected chi connectivity index (χ0v) is 11.2. The molecule has 0 amide bonds. The van der Waals surface area contributed by atoms with Crippen molar-refractivity contribution in [2.75, 3.05) is 13.1 Å². The van der Waals surface area contributed by atoms with Crippen molar-refractivity contribution >= 4 is 0 Å². The quantitative estimate of drug-likeness (QED) is 0.867. The van der Waals surface area contributed by atoms with Crippen LogP contribution < -0.4 is 5.73 Å². The summed E-state index contributed by atoms with van der Waals surface area (Å²) >= 11 is 0. The van der Waals surface area contributed by atoms with Gasteiger partial charge in [0.1, 0.15) is 5.82 Å². The van der Waals surface area contributed by atoms with Crippen LogP contribution in [0.2, 0.25) is 0 Å². The van der Waals surface area contributed by atoms with E-state index < -0.39 is 0 Å². The SMILES string of the molecule is CCn1ccnc1C(N)C(C)(C)N1CCCC1. The fourth-order valence-corrected chi connectivity index (χ4v) is 2.67. The van der Waals surface area contributed by atoms with Crippen LogP contribution in [0.5, 0.6) is 0 Å². The molecule has 0 aliphatic carbocycles. The van der Waals surface area contributed by atoms with E-state index in [4.69, 9.17) is 5.73 Å². The third-order valence-electron chi connectivity index (χ3n) is 4.05. The molecule has 0 aromatic carbocycles. The van der Waals surface area contributed by atoms with E-state index in [0.717, 1.165) is 25.5 Å². The van der Waals surface area contributed by atoms with Crippen molar-refractivity contribution in [1.82, 2.24) is 14.5 Å². The normalized spacial score (nSPS) is 19.8. The Hall–Kier alpha value is -0.870. The maximum atomic E-state index is 6.45. The number of aromatic nitrogens is 2. The Balaban J connectivity index is 2.20. The van der Waals surface area contributed by atoms with Crippen LogP contribution in [0.1, 0.15) is 45.5 Å². The summed E-state index contributed by atoms with van der Waals surface area (Å²) in [6, 6.07) is -0.0319. The number of imidazole rings is 1. The molecule has 0 spiro atoms. The largest absolute Gasteiger partial charge is 0.334 e. The molecule has 1 fully saturated rings. The Morgan fingerprint density at radius 3 is 2.65 bits per heavy atom. The van der Waals surface area contributed by atoms with Gasteiger partial charge in [0.05, 0.1) is 6.04 Å². The maximum Gasteiger partial charge on any atom is 0.127 e. The highest BCUT2D eigenvalue weighted by Gasteiger charge is 2.37. The van der Waals surface area contributed by atoms with Crippen LogP contribution in [-0.4, -0.2) is 33.1 Å².